The number of rotatable bonds is 2. The SMILES string of the molecule is CCCc1ccc(F)cc1.[V].[V]. The molecule has 0 aliphatic heterocycles. The summed E-state index contributed by atoms with van der Waals surface area (Å²) in [6, 6.07) is 6.67. The molecule has 64 valence electrons. The first-order valence-corrected chi connectivity index (χ1v) is 3.57. The molecule has 0 aromatic heterocycles. The van der Waals surface area contributed by atoms with Gasteiger partial charge in [-0.15, -0.1) is 0 Å². The molecule has 1 aromatic carbocycles. The van der Waals surface area contributed by atoms with Crippen molar-refractivity contribution in [2.24, 2.45) is 0 Å². The van der Waals surface area contributed by atoms with Crippen LogP contribution in [0, 0.1) is 5.82 Å². The predicted octanol–water partition coefficient (Wildman–Crippen LogP) is 2.77. The van der Waals surface area contributed by atoms with Gasteiger partial charge in [-0.3, -0.25) is 0 Å². The molecule has 2 radical (unpaired) electrons. The van der Waals surface area contributed by atoms with E-state index in [4.69, 9.17) is 0 Å². The molecule has 0 unspecified atom stereocenters. The molecular formula is C9H11FV2. The molecule has 0 aliphatic carbocycles. The van der Waals surface area contributed by atoms with Crippen molar-refractivity contribution < 1.29 is 41.5 Å². The molecular weight excluding hydrogens is 229 g/mol. The summed E-state index contributed by atoms with van der Waals surface area (Å²) < 4.78 is 12.3. The zero-order valence-electron chi connectivity index (χ0n) is 7.00. The summed E-state index contributed by atoms with van der Waals surface area (Å²) in [5.74, 6) is -0.153. The maximum absolute atomic E-state index is 12.3. The van der Waals surface area contributed by atoms with Crippen molar-refractivity contribution in [3.63, 3.8) is 0 Å². The average Bonchev–Trinajstić information content (AvgIpc) is 1.95. The fraction of sp³-hybridized carbons (Fsp3) is 0.333. The van der Waals surface area contributed by atoms with Crippen molar-refractivity contribution in [1.82, 2.24) is 0 Å². The van der Waals surface area contributed by atoms with Gasteiger partial charge < -0.3 is 0 Å². The summed E-state index contributed by atoms with van der Waals surface area (Å²) in [5, 5.41) is 0. The Labute approximate surface area is 96.7 Å². The van der Waals surface area contributed by atoms with Crippen LogP contribution in [-0.2, 0) is 43.5 Å². The molecule has 0 heterocycles. The van der Waals surface area contributed by atoms with Crippen LogP contribution in [0.2, 0.25) is 0 Å². The van der Waals surface area contributed by atoms with E-state index >= 15 is 0 Å². The Hall–Kier alpha value is 0.319. The van der Waals surface area contributed by atoms with Gasteiger partial charge in [0, 0.05) is 37.1 Å². The zero-order valence-corrected chi connectivity index (χ0v) is 9.79. The quantitative estimate of drug-likeness (QED) is 0.745. The summed E-state index contributed by atoms with van der Waals surface area (Å²) >= 11 is 0. The number of hydrogen-bond acceptors (Lipinski definition) is 0. The van der Waals surface area contributed by atoms with Crippen LogP contribution in [0.4, 0.5) is 4.39 Å². The van der Waals surface area contributed by atoms with Gasteiger partial charge in [-0.05, 0) is 24.1 Å². The standard InChI is InChI=1S/C9H11F.2V/c1-2-3-8-4-6-9(10)7-5-8;;/h4-7H,2-3H2,1H3;;. The van der Waals surface area contributed by atoms with E-state index in [9.17, 15) is 4.39 Å². The van der Waals surface area contributed by atoms with E-state index in [0.717, 1.165) is 12.8 Å². The summed E-state index contributed by atoms with van der Waals surface area (Å²) in [7, 11) is 0. The topological polar surface area (TPSA) is 0 Å². The molecule has 1 rings (SSSR count). The number of hydrogen-bond donors (Lipinski definition) is 0. The molecule has 0 aliphatic rings. The normalized spacial score (nSPS) is 8.17. The van der Waals surface area contributed by atoms with Crippen molar-refractivity contribution in [2.75, 3.05) is 0 Å². The van der Waals surface area contributed by atoms with Crippen molar-refractivity contribution in [2.45, 2.75) is 19.8 Å². The summed E-state index contributed by atoms with van der Waals surface area (Å²) in [6.45, 7) is 2.11. The predicted molar refractivity (Wildman–Crippen MR) is 40.4 cm³/mol. The number of halogens is 1. The molecule has 0 nitrogen and oxygen atoms in total. The summed E-state index contributed by atoms with van der Waals surface area (Å²) in [5.41, 5.74) is 1.21. The van der Waals surface area contributed by atoms with E-state index < -0.39 is 0 Å². The fourth-order valence-electron chi connectivity index (χ4n) is 0.940. The van der Waals surface area contributed by atoms with Gasteiger partial charge in [0.25, 0.3) is 0 Å². The van der Waals surface area contributed by atoms with E-state index in [-0.39, 0.29) is 42.9 Å². The molecule has 3 heteroatoms. The Bertz CT molecular complexity index is 196. The molecule has 0 N–H and O–H groups in total. The van der Waals surface area contributed by atoms with Crippen LogP contribution in [-0.4, -0.2) is 0 Å². The van der Waals surface area contributed by atoms with Crippen LogP contribution in [0.25, 0.3) is 0 Å². The van der Waals surface area contributed by atoms with Crippen LogP contribution in [0.15, 0.2) is 24.3 Å². The largest absolute Gasteiger partial charge is 0.207 e. The monoisotopic (exact) mass is 240 g/mol. The van der Waals surface area contributed by atoms with E-state index in [2.05, 4.69) is 6.92 Å². The van der Waals surface area contributed by atoms with Gasteiger partial charge >= 0.3 is 0 Å². The van der Waals surface area contributed by atoms with Crippen LogP contribution in [0.1, 0.15) is 18.9 Å². The van der Waals surface area contributed by atoms with E-state index in [1.54, 1.807) is 0 Å². The van der Waals surface area contributed by atoms with Crippen molar-refractivity contribution in [3.05, 3.63) is 35.6 Å². The number of benzene rings is 1. The van der Waals surface area contributed by atoms with Gasteiger partial charge in [0.15, 0.2) is 0 Å². The molecule has 0 bridgehead atoms. The minimum atomic E-state index is -0.153. The van der Waals surface area contributed by atoms with Gasteiger partial charge in [-0.2, -0.15) is 0 Å². The van der Waals surface area contributed by atoms with E-state index in [1.165, 1.54) is 17.7 Å². The fourth-order valence-corrected chi connectivity index (χ4v) is 0.940. The molecule has 0 atom stereocenters. The van der Waals surface area contributed by atoms with Crippen molar-refractivity contribution >= 4 is 0 Å². The first-order chi connectivity index (χ1) is 4.83. The van der Waals surface area contributed by atoms with Crippen LogP contribution in [0.5, 0.6) is 0 Å². The Kier molecular flexibility index (Phi) is 9.81. The van der Waals surface area contributed by atoms with E-state index in [1.807, 2.05) is 12.1 Å². The van der Waals surface area contributed by atoms with Gasteiger partial charge in [-0.25, -0.2) is 4.39 Å². The Balaban J connectivity index is 0. The van der Waals surface area contributed by atoms with Crippen LogP contribution >= 0.6 is 0 Å². The number of aryl methyl sites for hydroxylation is 1. The second-order valence-electron chi connectivity index (χ2n) is 2.38. The molecule has 0 saturated heterocycles. The molecule has 0 fully saturated rings. The van der Waals surface area contributed by atoms with E-state index in [0.29, 0.717) is 0 Å². The maximum atomic E-state index is 12.3. The third-order valence-electron chi connectivity index (χ3n) is 1.45. The first-order valence-electron chi connectivity index (χ1n) is 3.57. The third-order valence-corrected chi connectivity index (χ3v) is 1.45. The summed E-state index contributed by atoms with van der Waals surface area (Å²) in [6.07, 6.45) is 2.16. The van der Waals surface area contributed by atoms with Crippen molar-refractivity contribution in [1.29, 1.82) is 0 Å². The minimum Gasteiger partial charge on any atom is -0.207 e. The van der Waals surface area contributed by atoms with Gasteiger partial charge in [0.1, 0.15) is 5.82 Å². The second kappa shape index (κ2) is 7.94. The Morgan fingerprint density at radius 2 is 1.58 bits per heavy atom. The minimum absolute atomic E-state index is 0. The zero-order chi connectivity index (χ0) is 7.40. The second-order valence-corrected chi connectivity index (χ2v) is 2.38. The molecule has 0 spiro atoms. The third kappa shape index (κ3) is 5.05. The smallest absolute Gasteiger partial charge is 0.123 e. The van der Waals surface area contributed by atoms with Gasteiger partial charge in [-0.1, -0.05) is 25.5 Å². The molecule has 12 heavy (non-hydrogen) atoms. The first kappa shape index (κ1) is 14.8. The molecule has 0 amide bonds. The Morgan fingerprint density at radius 3 is 2.00 bits per heavy atom. The van der Waals surface area contributed by atoms with Gasteiger partial charge in [0.2, 0.25) is 0 Å². The van der Waals surface area contributed by atoms with Crippen LogP contribution < -0.4 is 0 Å². The average molecular weight is 240 g/mol. The summed E-state index contributed by atoms with van der Waals surface area (Å²) in [4.78, 5) is 0. The van der Waals surface area contributed by atoms with Crippen molar-refractivity contribution in [3.8, 4) is 0 Å². The van der Waals surface area contributed by atoms with Gasteiger partial charge in [0.05, 0.1) is 0 Å². The Morgan fingerprint density at radius 1 is 1.08 bits per heavy atom. The molecule has 1 aromatic rings. The maximum Gasteiger partial charge on any atom is 0.123 e. The van der Waals surface area contributed by atoms with Crippen LogP contribution in [0.3, 0.4) is 0 Å². The molecule has 0 saturated carbocycles.